The summed E-state index contributed by atoms with van der Waals surface area (Å²) in [6.45, 7) is 2.70. The van der Waals surface area contributed by atoms with Crippen LogP contribution in [0.5, 0.6) is 0 Å². The molecule has 1 aromatic carbocycles. The number of nitrogens with one attached hydrogen (secondary N) is 2. The molecule has 0 saturated heterocycles. The van der Waals surface area contributed by atoms with Crippen molar-refractivity contribution < 1.29 is 0 Å². The Hall–Kier alpha value is -2.56. The Bertz CT molecular complexity index is 703. The van der Waals surface area contributed by atoms with Crippen molar-refractivity contribution in [3.63, 3.8) is 0 Å². The minimum Gasteiger partial charge on any atom is -0.399 e. The van der Waals surface area contributed by atoms with Crippen molar-refractivity contribution in [1.82, 2.24) is 15.2 Å². The number of anilines is 2. The van der Waals surface area contributed by atoms with E-state index in [9.17, 15) is 0 Å². The van der Waals surface area contributed by atoms with Crippen LogP contribution in [0.15, 0.2) is 36.7 Å². The fourth-order valence-corrected chi connectivity index (χ4v) is 2.09. The standard InChI is InChI=1S/C14H15N5/c1-9-4-14(16-6-10-7-17-18-8-10)12-5-11(15)2-3-13(12)19-9/h2-5,7-8H,6,15H2,1H3,(H,16,19)(H,17,18). The number of aromatic amines is 1. The van der Waals surface area contributed by atoms with Crippen LogP contribution in [0.2, 0.25) is 0 Å². The molecule has 0 spiro atoms. The van der Waals surface area contributed by atoms with Crippen molar-refractivity contribution >= 4 is 22.3 Å². The van der Waals surface area contributed by atoms with Crippen LogP contribution in [-0.2, 0) is 6.54 Å². The van der Waals surface area contributed by atoms with Crippen LogP contribution in [0.4, 0.5) is 11.4 Å². The second kappa shape index (κ2) is 4.61. The van der Waals surface area contributed by atoms with E-state index in [4.69, 9.17) is 5.73 Å². The fourth-order valence-electron chi connectivity index (χ4n) is 2.09. The van der Waals surface area contributed by atoms with Gasteiger partial charge >= 0.3 is 0 Å². The maximum absolute atomic E-state index is 5.85. The normalized spacial score (nSPS) is 10.8. The number of pyridine rings is 1. The second-order valence-electron chi connectivity index (χ2n) is 4.55. The molecule has 0 amide bonds. The quantitative estimate of drug-likeness (QED) is 0.626. The highest BCUT2D eigenvalue weighted by molar-refractivity contribution is 5.93. The number of nitrogens with two attached hydrogens (primary N) is 1. The number of aromatic nitrogens is 3. The van der Waals surface area contributed by atoms with Gasteiger partial charge in [-0.2, -0.15) is 5.10 Å². The highest BCUT2D eigenvalue weighted by Crippen LogP contribution is 2.25. The third kappa shape index (κ3) is 2.35. The highest BCUT2D eigenvalue weighted by Gasteiger charge is 2.05. The smallest absolute Gasteiger partial charge is 0.0727 e. The van der Waals surface area contributed by atoms with E-state index in [2.05, 4.69) is 20.5 Å². The van der Waals surface area contributed by atoms with Gasteiger partial charge in [-0.3, -0.25) is 10.1 Å². The Morgan fingerprint density at radius 1 is 1.32 bits per heavy atom. The van der Waals surface area contributed by atoms with Crippen molar-refractivity contribution in [3.8, 4) is 0 Å². The summed E-state index contributed by atoms with van der Waals surface area (Å²) in [5.74, 6) is 0. The largest absolute Gasteiger partial charge is 0.399 e. The van der Waals surface area contributed by atoms with Gasteiger partial charge in [0.25, 0.3) is 0 Å². The van der Waals surface area contributed by atoms with E-state index in [-0.39, 0.29) is 0 Å². The van der Waals surface area contributed by atoms with Crippen LogP contribution in [0.3, 0.4) is 0 Å². The van der Waals surface area contributed by atoms with Gasteiger partial charge in [0.1, 0.15) is 0 Å². The van der Waals surface area contributed by atoms with Crippen molar-refractivity contribution in [1.29, 1.82) is 0 Å². The molecule has 3 rings (SSSR count). The SMILES string of the molecule is Cc1cc(NCc2cn[nH]c2)c2cc(N)ccc2n1. The molecule has 5 nitrogen and oxygen atoms in total. The zero-order valence-electron chi connectivity index (χ0n) is 10.6. The summed E-state index contributed by atoms with van der Waals surface area (Å²) in [5.41, 5.74) is 10.7. The van der Waals surface area contributed by atoms with Gasteiger partial charge < -0.3 is 11.1 Å². The second-order valence-corrected chi connectivity index (χ2v) is 4.55. The van der Waals surface area contributed by atoms with Gasteiger partial charge in [-0.05, 0) is 31.2 Å². The van der Waals surface area contributed by atoms with Gasteiger partial charge in [-0.25, -0.2) is 0 Å². The lowest BCUT2D eigenvalue weighted by molar-refractivity contribution is 1.09. The molecule has 19 heavy (non-hydrogen) atoms. The molecular formula is C14H15N5. The van der Waals surface area contributed by atoms with Gasteiger partial charge in [0.2, 0.25) is 0 Å². The van der Waals surface area contributed by atoms with Gasteiger partial charge in [-0.15, -0.1) is 0 Å². The lowest BCUT2D eigenvalue weighted by atomic mass is 10.1. The number of nitrogens with zero attached hydrogens (tertiary/aromatic N) is 2. The number of benzene rings is 1. The fraction of sp³-hybridized carbons (Fsp3) is 0.143. The van der Waals surface area contributed by atoms with Crippen LogP contribution in [0, 0.1) is 6.92 Å². The Morgan fingerprint density at radius 2 is 2.21 bits per heavy atom. The number of nitrogen functional groups attached to an aromatic ring is 1. The molecule has 3 aromatic rings. The molecule has 5 heteroatoms. The third-order valence-corrected chi connectivity index (χ3v) is 3.00. The van der Waals surface area contributed by atoms with E-state index in [0.717, 1.165) is 33.5 Å². The molecule has 0 radical (unpaired) electrons. The number of rotatable bonds is 3. The zero-order valence-corrected chi connectivity index (χ0v) is 10.6. The Balaban J connectivity index is 1.99. The first-order valence-corrected chi connectivity index (χ1v) is 6.11. The summed E-state index contributed by atoms with van der Waals surface area (Å²) in [6, 6.07) is 7.79. The summed E-state index contributed by atoms with van der Waals surface area (Å²) in [4.78, 5) is 4.51. The number of H-pyrrole nitrogens is 1. The van der Waals surface area contributed by atoms with Crippen molar-refractivity contribution in [3.05, 3.63) is 47.9 Å². The van der Waals surface area contributed by atoms with Crippen LogP contribution in [-0.4, -0.2) is 15.2 Å². The third-order valence-electron chi connectivity index (χ3n) is 3.00. The average Bonchev–Trinajstić information content (AvgIpc) is 2.89. The van der Waals surface area contributed by atoms with Crippen LogP contribution >= 0.6 is 0 Å². The number of hydrogen-bond acceptors (Lipinski definition) is 4. The number of fused-ring (bicyclic) bond motifs is 1. The molecule has 2 aromatic heterocycles. The van der Waals surface area contributed by atoms with E-state index in [1.54, 1.807) is 6.20 Å². The molecule has 0 fully saturated rings. The minimum absolute atomic E-state index is 0.712. The molecule has 0 bridgehead atoms. The monoisotopic (exact) mass is 253 g/mol. The summed E-state index contributed by atoms with van der Waals surface area (Å²) in [7, 11) is 0. The molecule has 0 aliphatic carbocycles. The number of aryl methyl sites for hydroxylation is 1. The summed E-state index contributed by atoms with van der Waals surface area (Å²) in [6.07, 6.45) is 3.68. The highest BCUT2D eigenvalue weighted by atomic mass is 15.1. The van der Waals surface area contributed by atoms with Crippen LogP contribution in [0.1, 0.15) is 11.3 Å². The molecule has 0 atom stereocenters. The number of hydrogen-bond donors (Lipinski definition) is 3. The van der Waals surface area contributed by atoms with E-state index >= 15 is 0 Å². The van der Waals surface area contributed by atoms with Gasteiger partial charge in [-0.1, -0.05) is 0 Å². The predicted octanol–water partition coefficient (Wildman–Crippen LogP) is 2.46. The molecule has 0 aliphatic heterocycles. The Morgan fingerprint density at radius 3 is 3.00 bits per heavy atom. The first kappa shape index (κ1) is 11.5. The molecule has 0 aliphatic rings. The van der Waals surface area contributed by atoms with E-state index in [1.165, 1.54) is 0 Å². The summed E-state index contributed by atoms with van der Waals surface area (Å²) < 4.78 is 0. The zero-order chi connectivity index (χ0) is 13.2. The van der Waals surface area contributed by atoms with Crippen LogP contribution in [0.25, 0.3) is 10.9 Å². The van der Waals surface area contributed by atoms with Crippen molar-refractivity contribution in [2.45, 2.75) is 13.5 Å². The predicted molar refractivity (Wildman–Crippen MR) is 76.8 cm³/mol. The lowest BCUT2D eigenvalue weighted by Crippen LogP contribution is -2.01. The molecular weight excluding hydrogens is 238 g/mol. The summed E-state index contributed by atoms with van der Waals surface area (Å²) in [5, 5.41) is 11.2. The van der Waals surface area contributed by atoms with E-state index in [1.807, 2.05) is 37.4 Å². The molecule has 2 heterocycles. The first-order chi connectivity index (χ1) is 9.22. The molecule has 0 unspecified atom stereocenters. The summed E-state index contributed by atoms with van der Waals surface area (Å²) >= 11 is 0. The first-order valence-electron chi connectivity index (χ1n) is 6.11. The maximum atomic E-state index is 5.85. The van der Waals surface area contributed by atoms with Gasteiger partial charge in [0, 0.05) is 40.8 Å². The van der Waals surface area contributed by atoms with Gasteiger partial charge in [0.05, 0.1) is 11.7 Å². The average molecular weight is 253 g/mol. The van der Waals surface area contributed by atoms with Gasteiger partial charge in [0.15, 0.2) is 0 Å². The lowest BCUT2D eigenvalue weighted by Gasteiger charge is -2.10. The van der Waals surface area contributed by atoms with Crippen molar-refractivity contribution in [2.24, 2.45) is 0 Å². The molecule has 96 valence electrons. The van der Waals surface area contributed by atoms with Crippen molar-refractivity contribution in [2.75, 3.05) is 11.1 Å². The molecule has 0 saturated carbocycles. The van der Waals surface area contributed by atoms with E-state index in [0.29, 0.717) is 6.54 Å². The van der Waals surface area contributed by atoms with E-state index < -0.39 is 0 Å². The minimum atomic E-state index is 0.712. The Kier molecular flexibility index (Phi) is 2.79. The molecule has 4 N–H and O–H groups in total. The van der Waals surface area contributed by atoms with Crippen LogP contribution < -0.4 is 11.1 Å². The maximum Gasteiger partial charge on any atom is 0.0727 e. The Labute approximate surface area is 110 Å². The topological polar surface area (TPSA) is 79.6 Å².